The number of anilines is 1. The molecule has 158 valence electrons. The quantitative estimate of drug-likeness (QED) is 0.670. The van der Waals surface area contributed by atoms with Crippen molar-refractivity contribution in [3.05, 3.63) is 47.7 Å². The lowest BCUT2D eigenvalue weighted by atomic mass is 9.86. The van der Waals surface area contributed by atoms with E-state index in [1.807, 2.05) is 0 Å². The normalized spacial score (nSPS) is 16.1. The fourth-order valence-corrected chi connectivity index (χ4v) is 3.90. The fraction of sp³-hybridized carbons (Fsp3) is 0.524. The van der Waals surface area contributed by atoms with Crippen LogP contribution in [0.15, 0.2) is 36.5 Å². The summed E-state index contributed by atoms with van der Waals surface area (Å²) in [6.07, 6.45) is 2.50. The Labute approximate surface area is 167 Å². The second-order valence-corrected chi connectivity index (χ2v) is 7.59. The number of amides is 1. The number of carbonyl (C=O) groups excluding carboxylic acids is 1. The first-order valence-electron chi connectivity index (χ1n) is 9.99. The molecule has 1 amide bonds. The van der Waals surface area contributed by atoms with Gasteiger partial charge in [0.15, 0.2) is 5.82 Å². The summed E-state index contributed by atoms with van der Waals surface area (Å²) in [6.45, 7) is 0.562. The van der Waals surface area contributed by atoms with Crippen LogP contribution in [0.4, 0.5) is 19.0 Å². The third-order valence-corrected chi connectivity index (χ3v) is 5.41. The number of hydrogen-bond donors (Lipinski definition) is 2. The van der Waals surface area contributed by atoms with Crippen molar-refractivity contribution in [2.75, 3.05) is 11.9 Å². The Morgan fingerprint density at radius 2 is 2.03 bits per heavy atom. The van der Waals surface area contributed by atoms with E-state index in [9.17, 15) is 18.0 Å². The van der Waals surface area contributed by atoms with Gasteiger partial charge in [-0.2, -0.15) is 18.3 Å². The minimum atomic E-state index is -4.45. The lowest BCUT2D eigenvalue weighted by Crippen LogP contribution is -2.24. The molecule has 0 bridgehead atoms. The molecule has 1 heterocycles. The molecule has 1 aliphatic rings. The largest absolute Gasteiger partial charge is 0.416 e. The standard InChI is InChI=1S/C21H26F3N3O2/c22-21(23,24)17-8-3-7-16(14-17)18(13-15-5-1-2-6-15)20(29)25-19-9-11-27(26-19)10-4-12-28/h3,7-9,11,14-15,18,28H,1-2,4-6,10,12-13H2,(H,25,26,29)/t18-/m1/s1. The van der Waals surface area contributed by atoms with E-state index in [-0.39, 0.29) is 12.5 Å². The van der Waals surface area contributed by atoms with E-state index >= 15 is 0 Å². The van der Waals surface area contributed by atoms with Gasteiger partial charge in [-0.3, -0.25) is 9.48 Å². The molecule has 1 saturated carbocycles. The molecule has 3 rings (SSSR count). The number of aliphatic hydroxyl groups excluding tert-OH is 1. The van der Waals surface area contributed by atoms with Crippen molar-refractivity contribution in [2.45, 2.75) is 57.2 Å². The van der Waals surface area contributed by atoms with Crippen LogP contribution in [-0.2, 0) is 17.5 Å². The van der Waals surface area contributed by atoms with Crippen LogP contribution in [-0.4, -0.2) is 27.4 Å². The van der Waals surface area contributed by atoms with Gasteiger partial charge in [0.25, 0.3) is 0 Å². The Kier molecular flexibility index (Phi) is 6.95. The van der Waals surface area contributed by atoms with Crippen molar-refractivity contribution in [1.82, 2.24) is 9.78 Å². The molecule has 1 aromatic heterocycles. The number of aromatic nitrogens is 2. The molecule has 0 aliphatic heterocycles. The summed E-state index contributed by atoms with van der Waals surface area (Å²) in [5.41, 5.74) is -0.364. The van der Waals surface area contributed by atoms with Crippen LogP contribution in [0.3, 0.4) is 0 Å². The Morgan fingerprint density at radius 3 is 2.72 bits per heavy atom. The third kappa shape index (κ3) is 5.82. The first kappa shape index (κ1) is 21.4. The number of alkyl halides is 3. The predicted octanol–water partition coefficient (Wildman–Crippen LogP) is 4.59. The minimum Gasteiger partial charge on any atom is -0.396 e. The van der Waals surface area contributed by atoms with E-state index in [1.54, 1.807) is 23.0 Å². The first-order chi connectivity index (χ1) is 13.9. The second-order valence-electron chi connectivity index (χ2n) is 7.59. The molecule has 1 aliphatic carbocycles. The highest BCUT2D eigenvalue weighted by atomic mass is 19.4. The van der Waals surface area contributed by atoms with Crippen LogP contribution in [0.2, 0.25) is 0 Å². The minimum absolute atomic E-state index is 0.0422. The lowest BCUT2D eigenvalue weighted by Gasteiger charge is -2.21. The molecule has 5 nitrogen and oxygen atoms in total. The monoisotopic (exact) mass is 409 g/mol. The average Bonchev–Trinajstić information content (AvgIpc) is 3.35. The number of nitrogens with zero attached hydrogens (tertiary/aromatic N) is 2. The Hall–Kier alpha value is -2.35. The third-order valence-electron chi connectivity index (χ3n) is 5.41. The highest BCUT2D eigenvalue weighted by Crippen LogP contribution is 2.37. The van der Waals surface area contributed by atoms with Gasteiger partial charge in [0.05, 0.1) is 11.5 Å². The molecule has 8 heteroatoms. The average molecular weight is 409 g/mol. The summed E-state index contributed by atoms with van der Waals surface area (Å²) in [6, 6.07) is 6.70. The number of rotatable bonds is 8. The molecule has 29 heavy (non-hydrogen) atoms. The van der Waals surface area contributed by atoms with E-state index in [2.05, 4.69) is 10.4 Å². The summed E-state index contributed by atoms with van der Waals surface area (Å²) < 4.78 is 41.1. The van der Waals surface area contributed by atoms with Gasteiger partial charge in [-0.25, -0.2) is 0 Å². The van der Waals surface area contributed by atoms with Crippen molar-refractivity contribution in [3.8, 4) is 0 Å². The van der Waals surface area contributed by atoms with Crippen molar-refractivity contribution in [3.63, 3.8) is 0 Å². The Bertz CT molecular complexity index is 813. The van der Waals surface area contributed by atoms with Crippen molar-refractivity contribution < 1.29 is 23.1 Å². The number of aryl methyl sites for hydroxylation is 1. The smallest absolute Gasteiger partial charge is 0.396 e. The van der Waals surface area contributed by atoms with Gasteiger partial charge in [-0.05, 0) is 30.4 Å². The molecule has 2 N–H and O–H groups in total. The Morgan fingerprint density at radius 1 is 1.28 bits per heavy atom. The van der Waals surface area contributed by atoms with Crippen molar-refractivity contribution in [2.24, 2.45) is 5.92 Å². The molecule has 0 radical (unpaired) electrons. The van der Waals surface area contributed by atoms with Crippen LogP contribution in [0.5, 0.6) is 0 Å². The number of halogens is 3. The van der Waals surface area contributed by atoms with Gasteiger partial charge in [0, 0.05) is 25.4 Å². The van der Waals surface area contributed by atoms with E-state index in [0.717, 1.165) is 37.8 Å². The predicted molar refractivity (Wildman–Crippen MR) is 103 cm³/mol. The van der Waals surface area contributed by atoms with Gasteiger partial charge in [0.2, 0.25) is 5.91 Å². The first-order valence-corrected chi connectivity index (χ1v) is 9.99. The molecule has 0 spiro atoms. The van der Waals surface area contributed by atoms with Crippen molar-refractivity contribution >= 4 is 11.7 Å². The van der Waals surface area contributed by atoms with Crippen LogP contribution in [0.25, 0.3) is 0 Å². The fourth-order valence-electron chi connectivity index (χ4n) is 3.90. The van der Waals surface area contributed by atoms with Gasteiger partial charge in [0.1, 0.15) is 0 Å². The highest BCUT2D eigenvalue weighted by Gasteiger charge is 2.33. The molecule has 1 fully saturated rings. The van der Waals surface area contributed by atoms with Crippen LogP contribution in [0.1, 0.15) is 55.6 Å². The number of carbonyl (C=O) groups is 1. The summed E-state index contributed by atoms with van der Waals surface area (Å²) >= 11 is 0. The zero-order chi connectivity index (χ0) is 20.9. The second kappa shape index (κ2) is 9.43. The SMILES string of the molecule is O=C(Nc1ccn(CCCO)n1)[C@H](CC1CCCC1)c1cccc(C(F)(F)F)c1. The molecule has 2 aromatic rings. The lowest BCUT2D eigenvalue weighted by molar-refractivity contribution is -0.137. The number of nitrogens with one attached hydrogen (secondary N) is 1. The van der Waals surface area contributed by atoms with E-state index in [1.165, 1.54) is 6.07 Å². The maximum Gasteiger partial charge on any atom is 0.416 e. The molecular formula is C21H26F3N3O2. The molecule has 1 atom stereocenters. The Balaban J connectivity index is 1.79. The maximum absolute atomic E-state index is 13.2. The number of benzene rings is 1. The molecule has 0 saturated heterocycles. The zero-order valence-electron chi connectivity index (χ0n) is 16.2. The topological polar surface area (TPSA) is 67.2 Å². The number of hydrogen-bond acceptors (Lipinski definition) is 3. The summed E-state index contributed by atoms with van der Waals surface area (Å²) in [5.74, 6) is -0.314. The maximum atomic E-state index is 13.2. The van der Waals surface area contributed by atoms with Gasteiger partial charge >= 0.3 is 6.18 Å². The molecule has 0 unspecified atom stereocenters. The van der Waals surface area contributed by atoms with Crippen LogP contribution >= 0.6 is 0 Å². The van der Waals surface area contributed by atoms with E-state index in [0.29, 0.717) is 36.7 Å². The zero-order valence-corrected chi connectivity index (χ0v) is 16.2. The van der Waals surface area contributed by atoms with Gasteiger partial charge in [-0.15, -0.1) is 0 Å². The summed E-state index contributed by atoms with van der Waals surface area (Å²) in [4.78, 5) is 13.0. The van der Waals surface area contributed by atoms with Crippen molar-refractivity contribution in [1.29, 1.82) is 0 Å². The number of aliphatic hydroxyl groups is 1. The van der Waals surface area contributed by atoms with Gasteiger partial charge in [-0.1, -0.05) is 43.9 Å². The molecular weight excluding hydrogens is 383 g/mol. The summed E-state index contributed by atoms with van der Waals surface area (Å²) in [7, 11) is 0. The molecule has 1 aromatic carbocycles. The van der Waals surface area contributed by atoms with Crippen LogP contribution < -0.4 is 5.32 Å². The van der Waals surface area contributed by atoms with Crippen LogP contribution in [0, 0.1) is 5.92 Å². The summed E-state index contributed by atoms with van der Waals surface area (Å²) in [5, 5.41) is 15.9. The van der Waals surface area contributed by atoms with E-state index in [4.69, 9.17) is 5.11 Å². The van der Waals surface area contributed by atoms with Gasteiger partial charge < -0.3 is 10.4 Å². The van der Waals surface area contributed by atoms with E-state index < -0.39 is 17.7 Å². The highest BCUT2D eigenvalue weighted by molar-refractivity contribution is 5.95.